The van der Waals surface area contributed by atoms with Crippen LogP contribution in [0.1, 0.15) is 52.4 Å². The summed E-state index contributed by atoms with van der Waals surface area (Å²) < 4.78 is 5.94. The third-order valence-electron chi connectivity index (χ3n) is 5.81. The molecule has 0 radical (unpaired) electrons. The molecule has 0 amide bonds. The molecule has 2 saturated carbocycles. The molecule has 0 aromatic carbocycles. The molecular formula is C15H22O2. The van der Waals surface area contributed by atoms with Crippen molar-refractivity contribution in [2.45, 2.75) is 58.0 Å². The summed E-state index contributed by atoms with van der Waals surface area (Å²) in [6.07, 6.45) is 7.02. The molecule has 1 heterocycles. The van der Waals surface area contributed by atoms with Gasteiger partial charge < -0.3 is 4.74 Å². The van der Waals surface area contributed by atoms with Crippen LogP contribution < -0.4 is 0 Å². The van der Waals surface area contributed by atoms with E-state index in [4.69, 9.17) is 4.74 Å². The first-order valence-electron chi connectivity index (χ1n) is 6.91. The minimum absolute atomic E-state index is 0.124. The molecule has 1 aliphatic heterocycles. The summed E-state index contributed by atoms with van der Waals surface area (Å²) in [4.78, 5) is 12.0. The van der Waals surface area contributed by atoms with E-state index in [9.17, 15) is 4.79 Å². The summed E-state index contributed by atoms with van der Waals surface area (Å²) >= 11 is 0. The van der Waals surface area contributed by atoms with Crippen molar-refractivity contribution in [1.82, 2.24) is 0 Å². The maximum atomic E-state index is 12.0. The molecule has 0 aromatic rings. The summed E-state index contributed by atoms with van der Waals surface area (Å²) in [6.45, 7) is 8.52. The van der Waals surface area contributed by atoms with E-state index in [0.717, 1.165) is 18.4 Å². The van der Waals surface area contributed by atoms with E-state index >= 15 is 0 Å². The van der Waals surface area contributed by atoms with Gasteiger partial charge >= 0.3 is 5.97 Å². The van der Waals surface area contributed by atoms with Gasteiger partial charge in [-0.25, -0.2) is 4.79 Å². The number of rotatable bonds is 0. The van der Waals surface area contributed by atoms with Crippen molar-refractivity contribution in [3.63, 3.8) is 0 Å². The van der Waals surface area contributed by atoms with Crippen LogP contribution in [0.2, 0.25) is 0 Å². The average molecular weight is 234 g/mol. The highest BCUT2D eigenvalue weighted by molar-refractivity contribution is 5.89. The first kappa shape index (κ1) is 11.3. The van der Waals surface area contributed by atoms with E-state index in [1.165, 1.54) is 25.7 Å². The van der Waals surface area contributed by atoms with Gasteiger partial charge in [-0.1, -0.05) is 26.8 Å². The van der Waals surface area contributed by atoms with Gasteiger partial charge in [-0.3, -0.25) is 0 Å². The third kappa shape index (κ3) is 1.30. The van der Waals surface area contributed by atoms with Gasteiger partial charge in [-0.05, 0) is 43.9 Å². The molecule has 0 N–H and O–H groups in total. The number of ether oxygens (including phenoxy) is 1. The van der Waals surface area contributed by atoms with Crippen molar-refractivity contribution in [1.29, 1.82) is 0 Å². The number of hydrogen-bond acceptors (Lipinski definition) is 2. The molecule has 2 aliphatic carbocycles. The fraction of sp³-hybridized carbons (Fsp3) is 0.800. The Morgan fingerprint density at radius 1 is 1.35 bits per heavy atom. The maximum absolute atomic E-state index is 12.0. The van der Waals surface area contributed by atoms with Crippen LogP contribution in [-0.4, -0.2) is 11.6 Å². The number of fused-ring (bicyclic) bond motifs is 1. The van der Waals surface area contributed by atoms with Gasteiger partial charge in [-0.2, -0.15) is 0 Å². The third-order valence-corrected chi connectivity index (χ3v) is 5.81. The Labute approximate surface area is 103 Å². The van der Waals surface area contributed by atoms with Gasteiger partial charge in [0.05, 0.1) is 0 Å². The molecule has 3 aliphatic rings. The minimum Gasteiger partial charge on any atom is -0.455 e. The van der Waals surface area contributed by atoms with E-state index in [1.54, 1.807) is 0 Å². The molecule has 3 fully saturated rings. The zero-order chi connectivity index (χ0) is 12.3. The van der Waals surface area contributed by atoms with Crippen LogP contribution in [0.25, 0.3) is 0 Å². The van der Waals surface area contributed by atoms with Gasteiger partial charge in [0.25, 0.3) is 0 Å². The Kier molecular flexibility index (Phi) is 2.24. The number of hydrogen-bond donors (Lipinski definition) is 0. The Morgan fingerprint density at radius 2 is 2.12 bits per heavy atom. The Morgan fingerprint density at radius 3 is 2.88 bits per heavy atom. The molecule has 17 heavy (non-hydrogen) atoms. The average Bonchev–Trinajstić information content (AvgIpc) is 2.29. The van der Waals surface area contributed by atoms with Crippen LogP contribution in [0, 0.1) is 17.3 Å². The zero-order valence-corrected chi connectivity index (χ0v) is 10.9. The lowest BCUT2D eigenvalue weighted by molar-refractivity contribution is -0.221. The van der Waals surface area contributed by atoms with E-state index in [1.807, 2.05) is 0 Å². The minimum atomic E-state index is -0.188. The quantitative estimate of drug-likeness (QED) is 0.474. The van der Waals surface area contributed by atoms with E-state index in [0.29, 0.717) is 11.8 Å². The molecule has 1 spiro atoms. The highest BCUT2D eigenvalue weighted by Crippen LogP contribution is 2.61. The van der Waals surface area contributed by atoms with E-state index in [2.05, 4.69) is 20.4 Å². The molecule has 0 aromatic heterocycles. The van der Waals surface area contributed by atoms with Gasteiger partial charge in [-0.15, -0.1) is 0 Å². The SMILES string of the molecule is C=C1C(=O)O[C@]23C[C@H]1CC[C@@]2(C)CCC[C@H]3C. The zero-order valence-electron chi connectivity index (χ0n) is 10.9. The highest BCUT2D eigenvalue weighted by atomic mass is 16.6. The fourth-order valence-electron chi connectivity index (χ4n) is 4.54. The summed E-state index contributed by atoms with van der Waals surface area (Å²) in [7, 11) is 0. The van der Waals surface area contributed by atoms with Crippen molar-refractivity contribution < 1.29 is 9.53 Å². The summed E-state index contributed by atoms with van der Waals surface area (Å²) in [5.74, 6) is 0.756. The molecule has 1 saturated heterocycles. The standard InChI is InChI=1S/C15H22O2/c1-10-5-4-7-14(3)8-6-12-9-15(10,14)17-13(16)11(12)2/h10,12H,2,4-9H2,1,3H3/t10-,12-,14-,15+/m1/s1. The molecule has 2 heteroatoms. The van der Waals surface area contributed by atoms with Crippen LogP contribution in [0.4, 0.5) is 0 Å². The van der Waals surface area contributed by atoms with Crippen LogP contribution in [-0.2, 0) is 9.53 Å². The lowest BCUT2D eigenvalue weighted by Crippen LogP contribution is -2.62. The van der Waals surface area contributed by atoms with E-state index < -0.39 is 0 Å². The van der Waals surface area contributed by atoms with Gasteiger partial charge in [0, 0.05) is 11.0 Å². The Bertz CT molecular complexity index is 386. The summed E-state index contributed by atoms with van der Waals surface area (Å²) in [6, 6.07) is 0. The number of esters is 1. The van der Waals surface area contributed by atoms with Gasteiger partial charge in [0.1, 0.15) is 5.60 Å². The first-order valence-corrected chi connectivity index (χ1v) is 6.91. The Hall–Kier alpha value is -0.790. The van der Waals surface area contributed by atoms with Crippen LogP contribution in [0.15, 0.2) is 12.2 Å². The second-order valence-electron chi connectivity index (χ2n) is 6.60. The highest BCUT2D eigenvalue weighted by Gasteiger charge is 2.61. The van der Waals surface area contributed by atoms with Crippen LogP contribution >= 0.6 is 0 Å². The van der Waals surface area contributed by atoms with E-state index in [-0.39, 0.29) is 17.0 Å². The second-order valence-corrected chi connectivity index (χ2v) is 6.60. The lowest BCUT2D eigenvalue weighted by Gasteiger charge is -2.61. The second kappa shape index (κ2) is 3.37. The molecule has 4 atom stereocenters. The van der Waals surface area contributed by atoms with Crippen LogP contribution in [0.3, 0.4) is 0 Å². The van der Waals surface area contributed by atoms with Gasteiger partial charge in [0.15, 0.2) is 0 Å². The van der Waals surface area contributed by atoms with Crippen molar-refractivity contribution >= 4 is 5.97 Å². The van der Waals surface area contributed by atoms with Gasteiger partial charge in [0.2, 0.25) is 0 Å². The molecule has 2 nitrogen and oxygen atoms in total. The topological polar surface area (TPSA) is 26.3 Å². The van der Waals surface area contributed by atoms with Crippen molar-refractivity contribution in [3.05, 3.63) is 12.2 Å². The number of carbonyl (C=O) groups is 1. The molecule has 2 bridgehead atoms. The van der Waals surface area contributed by atoms with Crippen molar-refractivity contribution in [2.24, 2.45) is 17.3 Å². The normalized spacial score (nSPS) is 49.5. The molecule has 3 rings (SSSR count). The smallest absolute Gasteiger partial charge is 0.334 e. The Balaban J connectivity index is 2.05. The predicted octanol–water partition coefficient (Wildman–Crippen LogP) is 3.46. The van der Waals surface area contributed by atoms with Crippen LogP contribution in [0.5, 0.6) is 0 Å². The lowest BCUT2D eigenvalue weighted by atomic mass is 9.50. The molecule has 0 unspecified atom stereocenters. The fourth-order valence-corrected chi connectivity index (χ4v) is 4.54. The van der Waals surface area contributed by atoms with Crippen molar-refractivity contribution in [3.8, 4) is 0 Å². The first-order chi connectivity index (χ1) is 7.98. The molecule has 94 valence electrons. The summed E-state index contributed by atoms with van der Waals surface area (Å²) in [5, 5.41) is 0. The largest absolute Gasteiger partial charge is 0.455 e. The summed E-state index contributed by atoms with van der Waals surface area (Å²) in [5.41, 5.74) is 0.736. The monoisotopic (exact) mass is 234 g/mol. The van der Waals surface area contributed by atoms with Crippen molar-refractivity contribution in [2.75, 3.05) is 0 Å². The maximum Gasteiger partial charge on any atom is 0.334 e. The molecular weight excluding hydrogens is 212 g/mol. The number of carbonyl (C=O) groups excluding carboxylic acids is 1. The predicted molar refractivity (Wildman–Crippen MR) is 66.4 cm³/mol.